The van der Waals surface area contributed by atoms with Crippen LogP contribution >= 0.6 is 0 Å². The third kappa shape index (κ3) is 3.27. The minimum atomic E-state index is -1.00. The number of imide groups is 1. The molecule has 3 aliphatic rings. The number of nitrogens with zero attached hydrogens (tertiary/aromatic N) is 4. The largest absolute Gasteiger partial charge is 0.495 e. The zero-order valence-corrected chi connectivity index (χ0v) is 17.1. The number of para-hydroxylation sites is 2. The molecule has 5 rings (SSSR count). The van der Waals surface area contributed by atoms with Gasteiger partial charge in [0.05, 0.1) is 18.5 Å². The molecule has 0 radical (unpaired) electrons. The van der Waals surface area contributed by atoms with E-state index in [2.05, 4.69) is 15.7 Å². The fourth-order valence-electron chi connectivity index (χ4n) is 3.86. The zero-order chi connectivity index (χ0) is 22.2. The Hall–Kier alpha value is -4.15. The van der Waals surface area contributed by atoms with E-state index in [1.807, 2.05) is 0 Å². The molecule has 3 aliphatic heterocycles. The highest BCUT2D eigenvalue weighted by Gasteiger charge is 2.55. The summed E-state index contributed by atoms with van der Waals surface area (Å²) in [5.74, 6) is 0.0698. The van der Waals surface area contributed by atoms with Crippen molar-refractivity contribution < 1.29 is 28.6 Å². The van der Waals surface area contributed by atoms with Crippen LogP contribution in [-0.2, 0) is 14.4 Å². The molecule has 1 fully saturated rings. The summed E-state index contributed by atoms with van der Waals surface area (Å²) in [6.45, 7) is 0.563. The monoisotopic (exact) mass is 437 g/mol. The number of carbonyl (C=O) groups excluding carboxylic acids is 3. The molecule has 0 spiro atoms. The molecule has 3 heterocycles. The zero-order valence-electron chi connectivity index (χ0n) is 17.1. The highest BCUT2D eigenvalue weighted by Crippen LogP contribution is 2.37. The van der Waals surface area contributed by atoms with Crippen molar-refractivity contribution in [3.05, 3.63) is 42.5 Å². The molecule has 2 atom stereocenters. The molecular weight excluding hydrogens is 418 g/mol. The second-order valence-electron chi connectivity index (χ2n) is 7.28. The van der Waals surface area contributed by atoms with Crippen molar-refractivity contribution in [3.8, 4) is 17.2 Å². The first-order valence-corrected chi connectivity index (χ1v) is 9.94. The summed E-state index contributed by atoms with van der Waals surface area (Å²) in [4.78, 5) is 39.7. The van der Waals surface area contributed by atoms with Crippen LogP contribution in [0, 0.1) is 0 Å². The summed E-state index contributed by atoms with van der Waals surface area (Å²) in [6, 6.07) is 9.80. The van der Waals surface area contributed by atoms with Gasteiger partial charge in [0.1, 0.15) is 25.5 Å². The Morgan fingerprint density at radius 1 is 1.12 bits per heavy atom. The molecule has 32 heavy (non-hydrogen) atoms. The number of hydrogen-bond donors (Lipinski definition) is 1. The van der Waals surface area contributed by atoms with Crippen LogP contribution in [0.4, 0.5) is 11.4 Å². The Morgan fingerprint density at radius 2 is 1.91 bits per heavy atom. The molecule has 3 amide bonds. The number of hydrogen-bond acceptors (Lipinski definition) is 9. The van der Waals surface area contributed by atoms with Crippen LogP contribution < -0.4 is 24.4 Å². The van der Waals surface area contributed by atoms with Gasteiger partial charge in [-0.3, -0.25) is 19.4 Å². The first-order valence-electron chi connectivity index (χ1n) is 9.94. The second kappa shape index (κ2) is 7.84. The lowest BCUT2D eigenvalue weighted by molar-refractivity contribution is -0.123. The van der Waals surface area contributed by atoms with Gasteiger partial charge in [0.25, 0.3) is 11.8 Å². The predicted octanol–water partition coefficient (Wildman–Crippen LogP) is 1.40. The summed E-state index contributed by atoms with van der Waals surface area (Å²) in [6.07, 6.45) is 0. The molecule has 2 aromatic rings. The number of carbonyl (C=O) groups is 3. The van der Waals surface area contributed by atoms with Crippen molar-refractivity contribution in [1.82, 2.24) is 5.01 Å². The molecule has 164 valence electrons. The maximum absolute atomic E-state index is 13.1. The average Bonchev–Trinajstić information content (AvgIpc) is 3.33. The molecule has 2 unspecified atom stereocenters. The quantitative estimate of drug-likeness (QED) is 0.702. The summed E-state index contributed by atoms with van der Waals surface area (Å²) in [7, 11) is 1.50. The number of nitrogens with one attached hydrogen (secondary N) is 1. The van der Waals surface area contributed by atoms with Gasteiger partial charge in [-0.1, -0.05) is 17.4 Å². The van der Waals surface area contributed by atoms with Crippen LogP contribution in [0.2, 0.25) is 0 Å². The van der Waals surface area contributed by atoms with Crippen molar-refractivity contribution in [2.75, 3.05) is 37.1 Å². The van der Waals surface area contributed by atoms with E-state index < -0.39 is 29.8 Å². The first-order chi connectivity index (χ1) is 15.6. The van der Waals surface area contributed by atoms with Gasteiger partial charge in [0.2, 0.25) is 5.91 Å². The molecule has 0 aliphatic carbocycles. The van der Waals surface area contributed by atoms with Gasteiger partial charge in [-0.2, -0.15) is 5.11 Å². The minimum Gasteiger partial charge on any atom is -0.495 e. The number of methoxy groups -OCH3 is 1. The highest BCUT2D eigenvalue weighted by atomic mass is 16.6. The van der Waals surface area contributed by atoms with Crippen molar-refractivity contribution >= 4 is 29.1 Å². The van der Waals surface area contributed by atoms with E-state index in [1.165, 1.54) is 12.1 Å². The van der Waals surface area contributed by atoms with Crippen LogP contribution in [0.5, 0.6) is 17.2 Å². The summed E-state index contributed by atoms with van der Waals surface area (Å²) >= 11 is 0. The molecule has 1 saturated heterocycles. The second-order valence-corrected chi connectivity index (χ2v) is 7.28. The van der Waals surface area contributed by atoms with E-state index in [-0.39, 0.29) is 6.54 Å². The molecule has 0 bridgehead atoms. The van der Waals surface area contributed by atoms with Gasteiger partial charge >= 0.3 is 0 Å². The normalized spacial score (nSPS) is 21.0. The van der Waals surface area contributed by atoms with Crippen molar-refractivity contribution in [1.29, 1.82) is 0 Å². The molecule has 11 nitrogen and oxygen atoms in total. The molecule has 0 saturated carbocycles. The van der Waals surface area contributed by atoms with Crippen molar-refractivity contribution in [2.24, 2.45) is 10.3 Å². The van der Waals surface area contributed by atoms with E-state index in [0.717, 1.165) is 4.90 Å². The van der Waals surface area contributed by atoms with E-state index in [4.69, 9.17) is 14.2 Å². The van der Waals surface area contributed by atoms with E-state index >= 15 is 0 Å². The van der Waals surface area contributed by atoms with Crippen molar-refractivity contribution in [2.45, 2.75) is 12.1 Å². The summed E-state index contributed by atoms with van der Waals surface area (Å²) in [5, 5.41) is 11.8. The maximum Gasteiger partial charge on any atom is 0.263 e. The van der Waals surface area contributed by atoms with Crippen LogP contribution in [0.15, 0.2) is 52.8 Å². The lowest BCUT2D eigenvalue weighted by Gasteiger charge is -2.22. The van der Waals surface area contributed by atoms with Gasteiger partial charge in [-0.05, 0) is 24.3 Å². The van der Waals surface area contributed by atoms with E-state index in [0.29, 0.717) is 41.8 Å². The topological polar surface area (TPSA) is 122 Å². The smallest absolute Gasteiger partial charge is 0.263 e. The third-order valence-electron chi connectivity index (χ3n) is 5.33. The van der Waals surface area contributed by atoms with Gasteiger partial charge in [-0.25, -0.2) is 4.90 Å². The lowest BCUT2D eigenvalue weighted by Crippen LogP contribution is -2.43. The van der Waals surface area contributed by atoms with Crippen LogP contribution in [0.25, 0.3) is 0 Å². The third-order valence-corrected chi connectivity index (χ3v) is 5.33. The molecule has 11 heteroatoms. The van der Waals surface area contributed by atoms with E-state index in [9.17, 15) is 14.4 Å². The molecular formula is C21H19N5O6. The fraction of sp³-hybridized carbons (Fsp3) is 0.286. The number of ether oxygens (including phenoxy) is 3. The van der Waals surface area contributed by atoms with Gasteiger partial charge < -0.3 is 19.5 Å². The Kier molecular flexibility index (Phi) is 4.85. The number of amides is 3. The number of rotatable bonds is 5. The maximum atomic E-state index is 13.1. The van der Waals surface area contributed by atoms with E-state index in [1.54, 1.807) is 42.5 Å². The van der Waals surface area contributed by atoms with Crippen LogP contribution in [0.3, 0.4) is 0 Å². The molecule has 1 N–H and O–H groups in total. The van der Waals surface area contributed by atoms with Crippen molar-refractivity contribution in [3.63, 3.8) is 0 Å². The number of anilines is 2. The van der Waals surface area contributed by atoms with Crippen LogP contribution in [0.1, 0.15) is 0 Å². The van der Waals surface area contributed by atoms with Gasteiger partial charge in [0, 0.05) is 6.07 Å². The SMILES string of the molecule is COc1ccccc1NC(=O)CN1N=NC2C(=O)N(c3ccc4c(c3)OCCO4)C(=O)C21. The lowest BCUT2D eigenvalue weighted by atomic mass is 10.1. The Balaban J connectivity index is 1.32. The molecule has 2 aromatic carbocycles. The summed E-state index contributed by atoms with van der Waals surface area (Å²) in [5.41, 5.74) is 0.840. The molecule has 0 aromatic heterocycles. The predicted molar refractivity (Wildman–Crippen MR) is 111 cm³/mol. The minimum absolute atomic E-state index is 0.253. The van der Waals surface area contributed by atoms with Gasteiger partial charge in [0.15, 0.2) is 23.6 Å². The van der Waals surface area contributed by atoms with Crippen LogP contribution in [-0.4, -0.2) is 61.7 Å². The Labute approximate surface area is 182 Å². The summed E-state index contributed by atoms with van der Waals surface area (Å²) < 4.78 is 16.3. The number of fused-ring (bicyclic) bond motifs is 2. The Bertz CT molecular complexity index is 1140. The first kappa shape index (κ1) is 19.8. The highest BCUT2D eigenvalue weighted by molar-refractivity contribution is 6.25. The standard InChI is InChI=1S/C21H19N5O6/c1-30-14-5-3-2-4-13(14)22-17(27)11-25-19-18(23-24-25)20(28)26(21(19)29)12-6-7-15-16(10-12)32-9-8-31-15/h2-7,10,18-19H,8-9,11H2,1H3,(H,22,27). The number of benzene rings is 2. The average molecular weight is 437 g/mol. The fourth-order valence-corrected chi connectivity index (χ4v) is 3.86. The van der Waals surface area contributed by atoms with Gasteiger partial charge in [-0.15, -0.1) is 0 Å². The Morgan fingerprint density at radius 3 is 2.72 bits per heavy atom.